The van der Waals surface area contributed by atoms with Crippen molar-refractivity contribution in [2.75, 3.05) is 0 Å². The van der Waals surface area contributed by atoms with E-state index in [0.717, 1.165) is 36.8 Å². The summed E-state index contributed by atoms with van der Waals surface area (Å²) in [5.41, 5.74) is 9.23. The van der Waals surface area contributed by atoms with E-state index in [1.807, 2.05) is 53.9 Å². The molecule has 8 heteroatoms. The maximum atomic E-state index is 13.3. The molecule has 6 rings (SSSR count). The number of pyridine rings is 1. The highest BCUT2D eigenvalue weighted by atomic mass is 35.5. The highest BCUT2D eigenvalue weighted by Crippen LogP contribution is 2.33. The molecule has 184 valence electrons. The van der Waals surface area contributed by atoms with E-state index in [1.165, 1.54) is 4.88 Å². The second-order valence-corrected chi connectivity index (χ2v) is 10.3. The number of aromatic nitrogens is 1. The van der Waals surface area contributed by atoms with Crippen LogP contribution < -0.4 is 10.9 Å². The van der Waals surface area contributed by atoms with Crippen LogP contribution in [0.4, 0.5) is 0 Å². The lowest BCUT2D eigenvalue weighted by molar-refractivity contribution is 0.0847. The molecule has 1 aliphatic rings. The van der Waals surface area contributed by atoms with Gasteiger partial charge in [0.25, 0.3) is 11.8 Å². The monoisotopic (exact) mass is 527 g/mol. The Labute approximate surface area is 222 Å². The lowest BCUT2D eigenvalue weighted by Gasteiger charge is -2.13. The van der Waals surface area contributed by atoms with E-state index in [2.05, 4.69) is 10.9 Å². The van der Waals surface area contributed by atoms with Gasteiger partial charge >= 0.3 is 0 Å². The maximum Gasteiger partial charge on any atom is 0.270 e. The van der Waals surface area contributed by atoms with Gasteiger partial charge < -0.3 is 4.42 Å². The molecular formula is C29H22ClN3O3S. The van der Waals surface area contributed by atoms with Gasteiger partial charge in [0.2, 0.25) is 0 Å². The van der Waals surface area contributed by atoms with Crippen molar-refractivity contribution in [2.45, 2.75) is 25.7 Å². The molecule has 5 aromatic rings. The first-order valence-corrected chi connectivity index (χ1v) is 13.3. The van der Waals surface area contributed by atoms with Crippen LogP contribution in [0.3, 0.4) is 0 Å². The van der Waals surface area contributed by atoms with Crippen LogP contribution in [-0.2, 0) is 12.8 Å². The first kappa shape index (κ1) is 23.5. The number of amides is 2. The summed E-state index contributed by atoms with van der Waals surface area (Å²) in [6.07, 6.45) is 4.13. The summed E-state index contributed by atoms with van der Waals surface area (Å²) in [6.45, 7) is 0. The number of nitrogens with zero attached hydrogens (tertiary/aromatic N) is 1. The molecule has 2 N–H and O–H groups in total. The van der Waals surface area contributed by atoms with Crippen LogP contribution in [0, 0.1) is 0 Å². The van der Waals surface area contributed by atoms with Crippen molar-refractivity contribution in [1.82, 2.24) is 15.8 Å². The van der Waals surface area contributed by atoms with Gasteiger partial charge in [-0.2, -0.15) is 0 Å². The normalized spacial score (nSPS) is 12.8. The molecule has 6 nitrogen and oxygen atoms in total. The highest BCUT2D eigenvalue weighted by molar-refractivity contribution is 7.10. The minimum absolute atomic E-state index is 0.304. The van der Waals surface area contributed by atoms with E-state index in [0.29, 0.717) is 44.3 Å². The zero-order chi connectivity index (χ0) is 25.4. The fourth-order valence-corrected chi connectivity index (χ4v) is 6.06. The SMILES string of the molecule is O=C(NNC(=O)c1cc(-c2ccc(-c3ccccc3Cl)o2)nc2ccccc12)c1csc2c1CCCC2. The third kappa shape index (κ3) is 4.52. The lowest BCUT2D eigenvalue weighted by atomic mass is 9.96. The van der Waals surface area contributed by atoms with Crippen molar-refractivity contribution in [2.24, 2.45) is 0 Å². The average molecular weight is 528 g/mol. The first-order chi connectivity index (χ1) is 18.1. The number of aryl methyl sites for hydroxylation is 1. The quantitative estimate of drug-likeness (QED) is 0.251. The summed E-state index contributed by atoms with van der Waals surface area (Å²) in [6, 6.07) is 20.1. The Bertz CT molecular complexity index is 1660. The summed E-state index contributed by atoms with van der Waals surface area (Å²) in [5, 5.41) is 3.13. The van der Waals surface area contributed by atoms with E-state index in [1.54, 1.807) is 29.5 Å². The van der Waals surface area contributed by atoms with E-state index in [-0.39, 0.29) is 5.91 Å². The summed E-state index contributed by atoms with van der Waals surface area (Å²) < 4.78 is 6.07. The van der Waals surface area contributed by atoms with Gasteiger partial charge in [0.15, 0.2) is 5.76 Å². The number of hydrogen-bond donors (Lipinski definition) is 2. The van der Waals surface area contributed by atoms with Gasteiger partial charge in [-0.1, -0.05) is 41.9 Å². The number of para-hydroxylation sites is 1. The number of nitrogens with one attached hydrogen (secondary N) is 2. The summed E-state index contributed by atoms with van der Waals surface area (Å²) >= 11 is 7.95. The van der Waals surface area contributed by atoms with Gasteiger partial charge in [-0.05, 0) is 67.6 Å². The van der Waals surface area contributed by atoms with Crippen LogP contribution in [0.5, 0.6) is 0 Å². The molecule has 0 saturated heterocycles. The van der Waals surface area contributed by atoms with Gasteiger partial charge in [-0.15, -0.1) is 11.3 Å². The number of hydrazine groups is 1. The van der Waals surface area contributed by atoms with Crippen molar-refractivity contribution < 1.29 is 14.0 Å². The van der Waals surface area contributed by atoms with Gasteiger partial charge in [0.1, 0.15) is 11.5 Å². The summed E-state index contributed by atoms with van der Waals surface area (Å²) in [4.78, 5) is 32.1. The van der Waals surface area contributed by atoms with Gasteiger partial charge in [0, 0.05) is 21.2 Å². The number of rotatable bonds is 4. The van der Waals surface area contributed by atoms with E-state index >= 15 is 0 Å². The Kier molecular flexibility index (Phi) is 6.24. The molecule has 2 amide bonds. The Morgan fingerprint density at radius 3 is 2.46 bits per heavy atom. The molecule has 3 heterocycles. The standard InChI is InChI=1S/C29H22ClN3O3S/c30-22-10-4-1-9-19(22)25-13-14-26(36-25)24-15-20(17-7-2-5-11-23(17)31-24)28(34)32-33-29(35)21-16-37-27-12-6-3-8-18(21)27/h1-2,4-5,7,9-11,13-16H,3,6,8,12H2,(H,32,34)(H,33,35). The Morgan fingerprint density at radius 2 is 1.59 bits per heavy atom. The van der Waals surface area contributed by atoms with Crippen LogP contribution in [-0.4, -0.2) is 16.8 Å². The van der Waals surface area contributed by atoms with Crippen molar-refractivity contribution in [3.05, 3.63) is 98.7 Å². The van der Waals surface area contributed by atoms with E-state index in [4.69, 9.17) is 21.0 Å². The molecular weight excluding hydrogens is 506 g/mol. The lowest BCUT2D eigenvalue weighted by Crippen LogP contribution is -2.42. The van der Waals surface area contributed by atoms with Crippen molar-refractivity contribution in [1.29, 1.82) is 0 Å². The molecule has 0 radical (unpaired) electrons. The van der Waals surface area contributed by atoms with Crippen LogP contribution in [0.1, 0.15) is 44.0 Å². The third-order valence-corrected chi connectivity index (χ3v) is 7.97. The second-order valence-electron chi connectivity index (χ2n) is 8.88. The Balaban J connectivity index is 1.29. The molecule has 3 aromatic heterocycles. The number of benzene rings is 2. The number of hydrogen-bond acceptors (Lipinski definition) is 5. The summed E-state index contributed by atoms with van der Waals surface area (Å²) in [5.74, 6) is 0.369. The topological polar surface area (TPSA) is 84.2 Å². The number of fused-ring (bicyclic) bond motifs is 2. The average Bonchev–Trinajstić information content (AvgIpc) is 3.59. The van der Waals surface area contributed by atoms with Crippen LogP contribution in [0.15, 0.2) is 76.5 Å². The van der Waals surface area contributed by atoms with Crippen LogP contribution in [0.25, 0.3) is 33.7 Å². The van der Waals surface area contributed by atoms with Crippen molar-refractivity contribution >= 4 is 45.7 Å². The van der Waals surface area contributed by atoms with Gasteiger partial charge in [0.05, 0.1) is 21.7 Å². The molecule has 1 aliphatic carbocycles. The predicted molar refractivity (Wildman–Crippen MR) is 146 cm³/mol. The zero-order valence-corrected chi connectivity index (χ0v) is 21.3. The number of furan rings is 1. The second kappa shape index (κ2) is 9.84. The molecule has 0 fully saturated rings. The minimum atomic E-state index is -0.435. The highest BCUT2D eigenvalue weighted by Gasteiger charge is 2.21. The Hall–Kier alpha value is -3.94. The smallest absolute Gasteiger partial charge is 0.270 e. The van der Waals surface area contributed by atoms with Crippen molar-refractivity contribution in [3.63, 3.8) is 0 Å². The molecule has 0 unspecified atom stereocenters. The number of carbonyl (C=O) groups is 2. The predicted octanol–water partition coefficient (Wildman–Crippen LogP) is 6.83. The maximum absolute atomic E-state index is 13.3. The fourth-order valence-electron chi connectivity index (χ4n) is 4.70. The molecule has 0 spiro atoms. The van der Waals surface area contributed by atoms with Crippen molar-refractivity contribution in [3.8, 4) is 22.8 Å². The summed E-state index contributed by atoms with van der Waals surface area (Å²) in [7, 11) is 0. The Morgan fingerprint density at radius 1 is 0.865 bits per heavy atom. The van der Waals surface area contributed by atoms with Crippen LogP contribution in [0.2, 0.25) is 5.02 Å². The zero-order valence-electron chi connectivity index (χ0n) is 19.7. The molecule has 0 bridgehead atoms. The van der Waals surface area contributed by atoms with Gasteiger partial charge in [-0.3, -0.25) is 20.4 Å². The number of halogens is 1. The molecule has 0 atom stereocenters. The third-order valence-electron chi connectivity index (χ3n) is 6.55. The molecule has 37 heavy (non-hydrogen) atoms. The van der Waals surface area contributed by atoms with E-state index < -0.39 is 5.91 Å². The van der Waals surface area contributed by atoms with E-state index in [9.17, 15) is 9.59 Å². The van der Waals surface area contributed by atoms with Crippen LogP contribution >= 0.6 is 22.9 Å². The largest absolute Gasteiger partial charge is 0.454 e. The van der Waals surface area contributed by atoms with Gasteiger partial charge in [-0.25, -0.2) is 4.98 Å². The number of thiophene rings is 1. The first-order valence-electron chi connectivity index (χ1n) is 12.0. The number of carbonyl (C=O) groups excluding carboxylic acids is 2. The fraction of sp³-hybridized carbons (Fsp3) is 0.138. The molecule has 2 aromatic carbocycles. The minimum Gasteiger partial charge on any atom is -0.454 e. The molecule has 0 aliphatic heterocycles. The molecule has 0 saturated carbocycles.